The van der Waals surface area contributed by atoms with Crippen molar-refractivity contribution in [1.29, 1.82) is 5.26 Å². The fraction of sp³-hybridized carbons (Fsp3) is 0.200. The predicted octanol–water partition coefficient (Wildman–Crippen LogP) is 2.42. The van der Waals surface area contributed by atoms with Gasteiger partial charge in [-0.25, -0.2) is 4.79 Å². The molecule has 0 aromatic heterocycles. The third-order valence-electron chi connectivity index (χ3n) is 1.92. The molecule has 0 heterocycles. The Labute approximate surface area is 95.5 Å². The fourth-order valence-electron chi connectivity index (χ4n) is 1.22. The van der Waals surface area contributed by atoms with Gasteiger partial charge in [0, 0.05) is 3.57 Å². The van der Waals surface area contributed by atoms with Gasteiger partial charge in [-0.05, 0) is 46.7 Å². The number of benzene rings is 1. The van der Waals surface area contributed by atoms with E-state index in [1.807, 2.05) is 13.0 Å². The highest BCUT2D eigenvalue weighted by Gasteiger charge is 2.11. The Balaban J connectivity index is 3.41. The minimum absolute atomic E-state index is 0.170. The number of carboxylic acids is 1. The Morgan fingerprint density at radius 3 is 2.71 bits per heavy atom. The van der Waals surface area contributed by atoms with Gasteiger partial charge in [0.2, 0.25) is 0 Å². The van der Waals surface area contributed by atoms with Gasteiger partial charge in [0.05, 0.1) is 17.2 Å². The standard InChI is InChI=1S/C10H8INO2/c1-2-8-7(5-12)3-6(10(13)14)4-9(8)11/h3-4H,2H2,1H3,(H,13,14). The second-order valence-electron chi connectivity index (χ2n) is 2.75. The van der Waals surface area contributed by atoms with Crippen LogP contribution in [0.25, 0.3) is 0 Å². The van der Waals surface area contributed by atoms with E-state index in [2.05, 4.69) is 22.6 Å². The van der Waals surface area contributed by atoms with E-state index in [1.165, 1.54) is 6.07 Å². The summed E-state index contributed by atoms with van der Waals surface area (Å²) in [6.45, 7) is 1.94. The summed E-state index contributed by atoms with van der Waals surface area (Å²) in [5, 5.41) is 17.6. The number of hydrogen-bond donors (Lipinski definition) is 1. The predicted molar refractivity (Wildman–Crippen MR) is 60.2 cm³/mol. The van der Waals surface area contributed by atoms with Gasteiger partial charge in [-0.1, -0.05) is 6.92 Å². The molecule has 1 rings (SSSR count). The fourth-order valence-corrected chi connectivity index (χ4v) is 2.23. The van der Waals surface area contributed by atoms with Crippen molar-refractivity contribution in [2.75, 3.05) is 0 Å². The summed E-state index contributed by atoms with van der Waals surface area (Å²) in [5.41, 5.74) is 1.54. The average Bonchev–Trinajstić information content (AvgIpc) is 2.16. The number of rotatable bonds is 2. The maximum atomic E-state index is 10.7. The minimum Gasteiger partial charge on any atom is -0.478 e. The van der Waals surface area contributed by atoms with Crippen LogP contribution in [0.2, 0.25) is 0 Å². The first-order valence-corrected chi connectivity index (χ1v) is 5.13. The van der Waals surface area contributed by atoms with Crippen LogP contribution in [0.5, 0.6) is 0 Å². The summed E-state index contributed by atoms with van der Waals surface area (Å²) in [7, 11) is 0. The molecule has 72 valence electrons. The summed E-state index contributed by atoms with van der Waals surface area (Å²) >= 11 is 2.05. The van der Waals surface area contributed by atoms with Gasteiger partial charge in [0.15, 0.2) is 0 Å². The molecule has 14 heavy (non-hydrogen) atoms. The lowest BCUT2D eigenvalue weighted by Crippen LogP contribution is -2.01. The van der Waals surface area contributed by atoms with Gasteiger partial charge in [-0.3, -0.25) is 0 Å². The van der Waals surface area contributed by atoms with Crippen LogP contribution in [0.4, 0.5) is 0 Å². The van der Waals surface area contributed by atoms with Gasteiger partial charge in [-0.15, -0.1) is 0 Å². The van der Waals surface area contributed by atoms with Crippen LogP contribution in [0.3, 0.4) is 0 Å². The highest BCUT2D eigenvalue weighted by atomic mass is 127. The Bertz CT molecular complexity index is 421. The molecular weight excluding hydrogens is 293 g/mol. The lowest BCUT2D eigenvalue weighted by molar-refractivity contribution is 0.0696. The van der Waals surface area contributed by atoms with Crippen LogP contribution in [-0.4, -0.2) is 11.1 Å². The molecule has 0 saturated carbocycles. The minimum atomic E-state index is -0.998. The van der Waals surface area contributed by atoms with Crippen LogP contribution in [0.1, 0.15) is 28.4 Å². The van der Waals surface area contributed by atoms with Crippen molar-refractivity contribution in [3.05, 3.63) is 32.4 Å². The van der Waals surface area contributed by atoms with Gasteiger partial charge < -0.3 is 5.11 Å². The SMILES string of the molecule is CCc1c(I)cc(C(=O)O)cc1C#N. The molecule has 1 aromatic carbocycles. The molecule has 0 amide bonds. The van der Waals surface area contributed by atoms with Crippen molar-refractivity contribution in [2.24, 2.45) is 0 Å². The molecule has 0 atom stereocenters. The Hall–Kier alpha value is -1.09. The molecule has 1 N–H and O–H groups in total. The topological polar surface area (TPSA) is 61.1 Å². The van der Waals surface area contributed by atoms with E-state index >= 15 is 0 Å². The molecule has 1 aromatic rings. The zero-order valence-electron chi connectivity index (χ0n) is 7.54. The highest BCUT2D eigenvalue weighted by molar-refractivity contribution is 14.1. The molecule has 0 saturated heterocycles. The molecule has 0 bridgehead atoms. The van der Waals surface area contributed by atoms with Crippen LogP contribution in [-0.2, 0) is 6.42 Å². The van der Waals surface area contributed by atoms with E-state index < -0.39 is 5.97 Å². The lowest BCUT2D eigenvalue weighted by atomic mass is 10.0. The molecule has 0 fully saturated rings. The van der Waals surface area contributed by atoms with Crippen molar-refractivity contribution < 1.29 is 9.90 Å². The molecule has 0 unspecified atom stereocenters. The first kappa shape index (κ1) is 11.0. The van der Waals surface area contributed by atoms with Gasteiger partial charge in [-0.2, -0.15) is 5.26 Å². The van der Waals surface area contributed by atoms with E-state index in [1.54, 1.807) is 6.07 Å². The molecule has 0 aliphatic rings. The quantitative estimate of drug-likeness (QED) is 0.853. The Morgan fingerprint density at radius 2 is 2.29 bits per heavy atom. The maximum absolute atomic E-state index is 10.7. The molecule has 3 nitrogen and oxygen atoms in total. The summed E-state index contributed by atoms with van der Waals surface area (Å²) in [6, 6.07) is 5.02. The van der Waals surface area contributed by atoms with E-state index in [0.29, 0.717) is 5.56 Å². The zero-order valence-corrected chi connectivity index (χ0v) is 9.70. The van der Waals surface area contributed by atoms with Gasteiger partial charge in [0.25, 0.3) is 0 Å². The van der Waals surface area contributed by atoms with Crippen LogP contribution in [0.15, 0.2) is 12.1 Å². The average molecular weight is 301 g/mol. The second-order valence-corrected chi connectivity index (χ2v) is 3.92. The maximum Gasteiger partial charge on any atom is 0.335 e. The Morgan fingerprint density at radius 1 is 1.64 bits per heavy atom. The first-order valence-electron chi connectivity index (χ1n) is 4.06. The van der Waals surface area contributed by atoms with E-state index in [9.17, 15) is 4.79 Å². The molecule has 0 aliphatic heterocycles. The monoisotopic (exact) mass is 301 g/mol. The van der Waals surface area contributed by atoms with Gasteiger partial charge in [0.1, 0.15) is 0 Å². The third-order valence-corrected chi connectivity index (χ3v) is 2.88. The molecule has 0 spiro atoms. The molecular formula is C10H8INO2. The van der Waals surface area contributed by atoms with Crippen molar-refractivity contribution in [3.8, 4) is 6.07 Å². The van der Waals surface area contributed by atoms with Crippen LogP contribution >= 0.6 is 22.6 Å². The normalized spacial score (nSPS) is 9.50. The number of carboxylic acid groups (broad SMARTS) is 1. The smallest absolute Gasteiger partial charge is 0.335 e. The van der Waals surface area contributed by atoms with Crippen LogP contribution < -0.4 is 0 Å². The number of nitriles is 1. The van der Waals surface area contributed by atoms with Crippen molar-refractivity contribution in [1.82, 2.24) is 0 Å². The second kappa shape index (κ2) is 4.42. The number of hydrogen-bond acceptors (Lipinski definition) is 2. The highest BCUT2D eigenvalue weighted by Crippen LogP contribution is 2.19. The summed E-state index contributed by atoms with van der Waals surface area (Å²) < 4.78 is 0.835. The molecule has 4 heteroatoms. The third kappa shape index (κ3) is 2.04. The van der Waals surface area contributed by atoms with Crippen molar-refractivity contribution >= 4 is 28.6 Å². The Kier molecular flexibility index (Phi) is 3.47. The number of halogens is 1. The van der Waals surface area contributed by atoms with Crippen molar-refractivity contribution in [3.63, 3.8) is 0 Å². The molecule has 0 radical (unpaired) electrons. The lowest BCUT2D eigenvalue weighted by Gasteiger charge is -2.05. The largest absolute Gasteiger partial charge is 0.478 e. The summed E-state index contributed by atoms with van der Waals surface area (Å²) in [4.78, 5) is 10.7. The summed E-state index contributed by atoms with van der Waals surface area (Å²) in [5.74, 6) is -0.998. The zero-order chi connectivity index (χ0) is 10.7. The number of nitrogens with zero attached hydrogens (tertiary/aromatic N) is 1. The van der Waals surface area contributed by atoms with Crippen molar-refractivity contribution in [2.45, 2.75) is 13.3 Å². The first-order chi connectivity index (χ1) is 6.60. The molecule has 0 aliphatic carbocycles. The van der Waals surface area contributed by atoms with E-state index in [0.717, 1.165) is 15.6 Å². The van der Waals surface area contributed by atoms with Crippen LogP contribution in [0, 0.1) is 14.9 Å². The van der Waals surface area contributed by atoms with E-state index in [-0.39, 0.29) is 5.56 Å². The number of carbonyl (C=O) groups is 1. The van der Waals surface area contributed by atoms with Gasteiger partial charge >= 0.3 is 5.97 Å². The summed E-state index contributed by atoms with van der Waals surface area (Å²) in [6.07, 6.45) is 0.737. The number of aromatic carboxylic acids is 1. The van der Waals surface area contributed by atoms with E-state index in [4.69, 9.17) is 10.4 Å².